The van der Waals surface area contributed by atoms with Gasteiger partial charge in [-0.3, -0.25) is 14.2 Å². The van der Waals surface area contributed by atoms with Gasteiger partial charge in [0.05, 0.1) is 34.6 Å². The van der Waals surface area contributed by atoms with Gasteiger partial charge in [0.2, 0.25) is 5.91 Å². The normalized spacial score (nSPS) is 12.6. The van der Waals surface area contributed by atoms with Crippen LogP contribution in [0.1, 0.15) is 29.4 Å². The van der Waals surface area contributed by atoms with Gasteiger partial charge >= 0.3 is 6.18 Å². The smallest absolute Gasteiger partial charge is 0.331 e. The summed E-state index contributed by atoms with van der Waals surface area (Å²) in [5, 5.41) is 0.309. The van der Waals surface area contributed by atoms with Crippen molar-refractivity contribution in [3.8, 4) is 5.69 Å². The third kappa shape index (κ3) is 6.82. The highest BCUT2D eigenvalue weighted by Gasteiger charge is 2.34. The fourth-order valence-electron chi connectivity index (χ4n) is 4.73. The minimum atomic E-state index is -4.87. The Morgan fingerprint density at radius 1 is 1.00 bits per heavy atom. The van der Waals surface area contributed by atoms with Crippen LogP contribution in [-0.2, 0) is 17.4 Å². The zero-order valence-electron chi connectivity index (χ0n) is 23.0. The largest absolute Gasteiger partial charge is 0.419 e. The number of aromatic nitrogens is 2. The molecular formula is C30H30F5N5O2. The third-order valence-electron chi connectivity index (χ3n) is 6.80. The molecular weight excluding hydrogens is 557 g/mol. The average Bonchev–Trinajstić information content (AvgIpc) is 2.92. The molecule has 3 aromatic carbocycles. The summed E-state index contributed by atoms with van der Waals surface area (Å²) in [4.78, 5) is 35.7. The van der Waals surface area contributed by atoms with Gasteiger partial charge in [0.15, 0.2) is 0 Å². The number of benzene rings is 3. The lowest BCUT2D eigenvalue weighted by molar-refractivity contribution is -0.140. The summed E-state index contributed by atoms with van der Waals surface area (Å²) < 4.78 is 68.7. The molecule has 7 nitrogen and oxygen atoms in total. The SMILES string of the molecule is CN(C)CCN(C(=O)Cc1ccc(C(F)(F)F)c(F)c1)C(CCN)c1nc2ccccc2c(=O)n1-c1ccc(F)cc1. The molecule has 0 saturated carbocycles. The van der Waals surface area contributed by atoms with Crippen molar-refractivity contribution < 1.29 is 26.7 Å². The summed E-state index contributed by atoms with van der Waals surface area (Å²) in [5.74, 6) is -2.33. The van der Waals surface area contributed by atoms with E-state index >= 15 is 0 Å². The van der Waals surface area contributed by atoms with Crippen LogP contribution in [0.4, 0.5) is 22.0 Å². The van der Waals surface area contributed by atoms with Crippen LogP contribution < -0.4 is 11.3 Å². The molecule has 1 unspecified atom stereocenters. The zero-order valence-corrected chi connectivity index (χ0v) is 23.0. The molecule has 1 heterocycles. The number of hydrogen-bond donors (Lipinski definition) is 1. The molecule has 1 atom stereocenters. The monoisotopic (exact) mass is 587 g/mol. The van der Waals surface area contributed by atoms with E-state index in [0.717, 1.165) is 6.07 Å². The van der Waals surface area contributed by atoms with Gasteiger partial charge < -0.3 is 15.5 Å². The Hall–Kier alpha value is -4.16. The maximum absolute atomic E-state index is 14.3. The number of likely N-dealkylation sites (N-methyl/N-ethyl adjacent to an activating group) is 1. The van der Waals surface area contributed by atoms with Crippen molar-refractivity contribution in [3.05, 3.63) is 106 Å². The Labute approximate surface area is 239 Å². The second kappa shape index (κ2) is 12.8. The van der Waals surface area contributed by atoms with Crippen LogP contribution >= 0.6 is 0 Å². The van der Waals surface area contributed by atoms with Crippen molar-refractivity contribution in [2.45, 2.75) is 25.1 Å². The highest BCUT2D eigenvalue weighted by Crippen LogP contribution is 2.32. The van der Waals surface area contributed by atoms with Crippen molar-refractivity contribution in [3.63, 3.8) is 0 Å². The maximum atomic E-state index is 14.3. The molecule has 4 rings (SSSR count). The van der Waals surface area contributed by atoms with Crippen LogP contribution in [0, 0.1) is 11.6 Å². The number of alkyl halides is 3. The van der Waals surface area contributed by atoms with Crippen LogP contribution in [0.15, 0.2) is 71.5 Å². The number of para-hydroxylation sites is 1. The van der Waals surface area contributed by atoms with Crippen LogP contribution in [0.25, 0.3) is 16.6 Å². The number of rotatable bonds is 10. The standard InChI is InChI=1S/C30H30F5N5O2/c1-38(2)15-16-39(27(41)18-19-7-12-23(24(32)17-19)30(33,34)35)26(13-14-36)28-37-25-6-4-3-5-22(25)29(42)40(28)21-10-8-20(31)9-11-21/h3-12,17,26H,13-16,18,36H2,1-2H3. The molecule has 0 fully saturated rings. The van der Waals surface area contributed by atoms with Crippen LogP contribution in [0.5, 0.6) is 0 Å². The van der Waals surface area contributed by atoms with Gasteiger partial charge in [0.25, 0.3) is 5.56 Å². The van der Waals surface area contributed by atoms with Crippen molar-refractivity contribution in [2.24, 2.45) is 5.73 Å². The fraction of sp³-hybridized carbons (Fsp3) is 0.300. The van der Waals surface area contributed by atoms with E-state index < -0.39 is 47.3 Å². The minimum Gasteiger partial charge on any atom is -0.331 e. The first kappa shape index (κ1) is 30.8. The Morgan fingerprint density at radius 3 is 2.31 bits per heavy atom. The Kier molecular flexibility index (Phi) is 9.37. The Bertz CT molecular complexity index is 1620. The van der Waals surface area contributed by atoms with Crippen LogP contribution in [0.2, 0.25) is 0 Å². The van der Waals surface area contributed by atoms with E-state index in [1.165, 1.54) is 33.7 Å². The molecule has 0 spiro atoms. The number of fused-ring (bicyclic) bond motifs is 1. The summed E-state index contributed by atoms with van der Waals surface area (Å²) in [6.07, 6.45) is -5.10. The lowest BCUT2D eigenvalue weighted by Crippen LogP contribution is -2.43. The second-order valence-electron chi connectivity index (χ2n) is 10.1. The van der Waals surface area contributed by atoms with E-state index in [1.807, 2.05) is 4.90 Å². The van der Waals surface area contributed by atoms with Gasteiger partial charge in [-0.25, -0.2) is 13.8 Å². The maximum Gasteiger partial charge on any atom is 0.419 e. The highest BCUT2D eigenvalue weighted by molar-refractivity contribution is 5.80. The van der Waals surface area contributed by atoms with E-state index in [2.05, 4.69) is 0 Å². The highest BCUT2D eigenvalue weighted by atomic mass is 19.4. The van der Waals surface area contributed by atoms with E-state index in [1.54, 1.807) is 38.4 Å². The lowest BCUT2D eigenvalue weighted by Gasteiger charge is -2.34. The molecule has 0 saturated heterocycles. The number of halogens is 5. The van der Waals surface area contributed by atoms with Crippen LogP contribution in [0.3, 0.4) is 0 Å². The zero-order chi connectivity index (χ0) is 30.6. The predicted octanol–water partition coefficient (Wildman–Crippen LogP) is 4.71. The summed E-state index contributed by atoms with van der Waals surface area (Å²) in [6.45, 7) is 0.631. The minimum absolute atomic E-state index is 0.0502. The third-order valence-corrected chi connectivity index (χ3v) is 6.80. The molecule has 42 heavy (non-hydrogen) atoms. The van der Waals surface area contributed by atoms with Crippen molar-refractivity contribution in [1.29, 1.82) is 0 Å². The molecule has 0 aliphatic rings. The molecule has 0 bridgehead atoms. The predicted molar refractivity (Wildman–Crippen MR) is 149 cm³/mol. The van der Waals surface area contributed by atoms with E-state index in [9.17, 15) is 31.5 Å². The summed E-state index contributed by atoms with van der Waals surface area (Å²) in [6, 6.07) is 13.4. The average molecular weight is 588 g/mol. The molecule has 0 aliphatic heterocycles. The summed E-state index contributed by atoms with van der Waals surface area (Å²) >= 11 is 0. The van der Waals surface area contributed by atoms with Gasteiger partial charge in [-0.05, 0) is 81.2 Å². The number of nitrogens with two attached hydrogens (primary N) is 1. The van der Waals surface area contributed by atoms with Gasteiger partial charge in [-0.15, -0.1) is 0 Å². The molecule has 2 N–H and O–H groups in total. The van der Waals surface area contributed by atoms with Gasteiger partial charge in [-0.1, -0.05) is 18.2 Å². The topological polar surface area (TPSA) is 84.5 Å². The number of amides is 1. The van der Waals surface area contributed by atoms with Crippen molar-refractivity contribution in [2.75, 3.05) is 33.7 Å². The van der Waals surface area contributed by atoms with E-state index in [4.69, 9.17) is 10.7 Å². The van der Waals surface area contributed by atoms with Crippen molar-refractivity contribution in [1.82, 2.24) is 19.4 Å². The quantitative estimate of drug-likeness (QED) is 0.272. The molecule has 222 valence electrons. The number of nitrogens with zero attached hydrogens (tertiary/aromatic N) is 4. The first-order valence-electron chi connectivity index (χ1n) is 13.2. The van der Waals surface area contributed by atoms with Gasteiger partial charge in [0.1, 0.15) is 17.5 Å². The Balaban J connectivity index is 1.85. The molecule has 1 aromatic heterocycles. The molecule has 0 radical (unpaired) electrons. The summed E-state index contributed by atoms with van der Waals surface area (Å²) in [7, 11) is 3.60. The van der Waals surface area contributed by atoms with E-state index in [0.29, 0.717) is 35.3 Å². The number of carbonyl (C=O) groups is 1. The second-order valence-corrected chi connectivity index (χ2v) is 10.1. The first-order valence-corrected chi connectivity index (χ1v) is 13.2. The van der Waals surface area contributed by atoms with Gasteiger partial charge in [0, 0.05) is 13.1 Å². The molecule has 12 heteroatoms. The molecule has 4 aromatic rings. The Morgan fingerprint density at radius 2 is 1.69 bits per heavy atom. The van der Waals surface area contributed by atoms with Gasteiger partial charge in [-0.2, -0.15) is 13.2 Å². The first-order chi connectivity index (χ1) is 19.9. The van der Waals surface area contributed by atoms with E-state index in [-0.39, 0.29) is 30.9 Å². The fourth-order valence-corrected chi connectivity index (χ4v) is 4.73. The van der Waals surface area contributed by atoms with Crippen LogP contribution in [-0.4, -0.2) is 59.0 Å². The molecule has 1 amide bonds. The lowest BCUT2D eigenvalue weighted by atomic mass is 10.0. The summed E-state index contributed by atoms with van der Waals surface area (Å²) in [5.41, 5.74) is 4.87. The molecule has 0 aliphatic carbocycles. The number of hydrogen-bond acceptors (Lipinski definition) is 5. The number of carbonyl (C=O) groups excluding carboxylic acids is 1. The van der Waals surface area contributed by atoms with Crippen molar-refractivity contribution >= 4 is 16.8 Å².